The molecule has 2 aromatic carbocycles. The zero-order chi connectivity index (χ0) is 28.8. The molecule has 2 aliphatic rings. The van der Waals surface area contributed by atoms with Gasteiger partial charge in [0.1, 0.15) is 17.5 Å². The van der Waals surface area contributed by atoms with E-state index in [0.717, 1.165) is 50.2 Å². The highest BCUT2D eigenvalue weighted by Crippen LogP contribution is 2.22. The van der Waals surface area contributed by atoms with Crippen molar-refractivity contribution in [1.29, 1.82) is 5.26 Å². The van der Waals surface area contributed by atoms with Crippen LogP contribution in [0.1, 0.15) is 57.7 Å². The smallest absolute Gasteiger partial charge is 0.270 e. The second-order valence-electron chi connectivity index (χ2n) is 10.5. The minimum atomic E-state index is -0.957. The third-order valence-electron chi connectivity index (χ3n) is 7.58. The molecule has 0 atom stereocenters. The number of pyridine rings is 1. The predicted molar refractivity (Wildman–Crippen MR) is 147 cm³/mol. The number of ether oxygens (including phenoxy) is 1. The number of nitriles is 1. The van der Waals surface area contributed by atoms with Gasteiger partial charge in [0, 0.05) is 63.9 Å². The summed E-state index contributed by atoms with van der Waals surface area (Å²) in [6.45, 7) is 3.43. The van der Waals surface area contributed by atoms with Crippen molar-refractivity contribution in [2.75, 3.05) is 26.2 Å². The third-order valence-corrected chi connectivity index (χ3v) is 7.58. The van der Waals surface area contributed by atoms with Gasteiger partial charge in [0.2, 0.25) is 0 Å². The number of likely N-dealkylation sites (tertiary alicyclic amines) is 2. The Morgan fingerprint density at radius 1 is 0.951 bits per heavy atom. The molecule has 1 aromatic heterocycles. The van der Waals surface area contributed by atoms with Gasteiger partial charge in [-0.2, -0.15) is 5.26 Å². The zero-order valence-electron chi connectivity index (χ0n) is 22.6. The number of nitrogens with one attached hydrogen (secondary N) is 1. The first kappa shape index (κ1) is 28.2. The van der Waals surface area contributed by atoms with Crippen molar-refractivity contribution in [1.82, 2.24) is 20.1 Å². The number of carbonyl (C=O) groups is 2. The van der Waals surface area contributed by atoms with Crippen LogP contribution in [0.15, 0.2) is 60.8 Å². The SMILES string of the molecule is N#Cc1ccc(CN2CCC(NC(=O)c3ccc(C(=O)N4CCC(Oc5ccc(F)c(F)c5)CC4)cn3)CC2)cc1. The molecule has 0 radical (unpaired) electrons. The molecule has 212 valence electrons. The number of benzene rings is 2. The third kappa shape index (κ3) is 7.24. The van der Waals surface area contributed by atoms with E-state index >= 15 is 0 Å². The number of amides is 2. The lowest BCUT2D eigenvalue weighted by Gasteiger charge is -2.32. The second kappa shape index (κ2) is 12.9. The average Bonchev–Trinajstić information content (AvgIpc) is 3.00. The summed E-state index contributed by atoms with van der Waals surface area (Å²) in [5.41, 5.74) is 2.47. The fourth-order valence-corrected chi connectivity index (χ4v) is 5.19. The summed E-state index contributed by atoms with van der Waals surface area (Å²) in [6.07, 6.45) is 4.01. The Balaban J connectivity index is 1.05. The molecule has 5 rings (SSSR count). The first-order chi connectivity index (χ1) is 19.9. The van der Waals surface area contributed by atoms with E-state index in [-0.39, 0.29) is 35.4 Å². The van der Waals surface area contributed by atoms with Gasteiger partial charge in [0.15, 0.2) is 11.6 Å². The molecule has 8 nitrogen and oxygen atoms in total. The van der Waals surface area contributed by atoms with Crippen LogP contribution in [0.2, 0.25) is 0 Å². The van der Waals surface area contributed by atoms with E-state index in [4.69, 9.17) is 10.00 Å². The fraction of sp³-hybridized carbons (Fsp3) is 0.355. The van der Waals surface area contributed by atoms with Crippen molar-refractivity contribution < 1.29 is 23.1 Å². The highest BCUT2D eigenvalue weighted by Gasteiger charge is 2.26. The molecule has 0 bridgehead atoms. The number of hydrogen-bond donors (Lipinski definition) is 1. The molecule has 3 heterocycles. The molecular weight excluding hydrogens is 528 g/mol. The van der Waals surface area contributed by atoms with Gasteiger partial charge in [-0.15, -0.1) is 0 Å². The molecule has 0 spiro atoms. The van der Waals surface area contributed by atoms with E-state index < -0.39 is 11.6 Å². The first-order valence-corrected chi connectivity index (χ1v) is 13.8. The Bertz CT molecular complexity index is 1410. The van der Waals surface area contributed by atoms with E-state index in [0.29, 0.717) is 37.1 Å². The topological polar surface area (TPSA) is 98.6 Å². The molecule has 2 fully saturated rings. The number of aromatic nitrogens is 1. The summed E-state index contributed by atoms with van der Waals surface area (Å²) >= 11 is 0. The standard InChI is InChI=1S/C31H31F2N5O3/c32-27-7-6-26(17-28(27)33)41-25-11-15-38(16-12-25)31(40)23-5-8-29(35-19-23)30(39)36-24-9-13-37(14-10-24)20-22-3-1-21(18-34)2-4-22/h1-8,17,19,24-25H,9-16,20H2,(H,36,39). The lowest BCUT2D eigenvalue weighted by atomic mass is 10.0. The molecular formula is C31H31F2N5O3. The summed E-state index contributed by atoms with van der Waals surface area (Å²) in [7, 11) is 0. The monoisotopic (exact) mass is 559 g/mol. The van der Waals surface area contributed by atoms with E-state index in [2.05, 4.69) is 21.3 Å². The zero-order valence-corrected chi connectivity index (χ0v) is 22.6. The maximum Gasteiger partial charge on any atom is 0.270 e. The highest BCUT2D eigenvalue weighted by atomic mass is 19.2. The van der Waals surface area contributed by atoms with Crippen LogP contribution in [0.4, 0.5) is 8.78 Å². The van der Waals surface area contributed by atoms with Gasteiger partial charge in [-0.05, 0) is 54.8 Å². The van der Waals surface area contributed by atoms with Gasteiger partial charge in [-0.1, -0.05) is 12.1 Å². The molecule has 10 heteroatoms. The van der Waals surface area contributed by atoms with Crippen molar-refractivity contribution in [3.8, 4) is 11.8 Å². The summed E-state index contributed by atoms with van der Waals surface area (Å²) in [4.78, 5) is 34.0. The Morgan fingerprint density at radius 2 is 1.68 bits per heavy atom. The maximum atomic E-state index is 13.4. The molecule has 3 aromatic rings. The number of hydrogen-bond acceptors (Lipinski definition) is 6. The summed E-state index contributed by atoms with van der Waals surface area (Å²) in [5.74, 6) is -2.05. The van der Waals surface area contributed by atoms with E-state index in [1.807, 2.05) is 24.3 Å². The molecule has 2 saturated heterocycles. The van der Waals surface area contributed by atoms with Crippen molar-refractivity contribution in [2.24, 2.45) is 0 Å². The fourth-order valence-electron chi connectivity index (χ4n) is 5.19. The lowest BCUT2D eigenvalue weighted by Crippen LogP contribution is -2.44. The van der Waals surface area contributed by atoms with Crippen LogP contribution >= 0.6 is 0 Å². The normalized spacial score (nSPS) is 16.7. The Kier molecular flexibility index (Phi) is 8.85. The Morgan fingerprint density at radius 3 is 2.32 bits per heavy atom. The van der Waals surface area contributed by atoms with Crippen LogP contribution in [0, 0.1) is 23.0 Å². The minimum Gasteiger partial charge on any atom is -0.490 e. The average molecular weight is 560 g/mol. The number of piperidine rings is 2. The van der Waals surface area contributed by atoms with E-state index in [1.54, 1.807) is 17.0 Å². The van der Waals surface area contributed by atoms with Crippen molar-refractivity contribution in [3.63, 3.8) is 0 Å². The number of halogens is 2. The summed E-state index contributed by atoms with van der Waals surface area (Å²) in [5, 5.41) is 12.0. The van der Waals surface area contributed by atoms with Crippen molar-refractivity contribution in [2.45, 2.75) is 44.4 Å². The Hall–Kier alpha value is -4.36. The number of rotatable bonds is 7. The molecule has 41 heavy (non-hydrogen) atoms. The van der Waals surface area contributed by atoms with Crippen LogP contribution in [0.3, 0.4) is 0 Å². The van der Waals surface area contributed by atoms with Gasteiger partial charge in [0.05, 0.1) is 17.2 Å². The van der Waals surface area contributed by atoms with Crippen LogP contribution < -0.4 is 10.1 Å². The Labute approximate surface area is 237 Å². The largest absolute Gasteiger partial charge is 0.490 e. The van der Waals surface area contributed by atoms with Gasteiger partial charge in [-0.25, -0.2) is 8.78 Å². The molecule has 0 aliphatic carbocycles. The van der Waals surface area contributed by atoms with Crippen molar-refractivity contribution in [3.05, 3.63) is 94.8 Å². The van der Waals surface area contributed by atoms with Gasteiger partial charge in [-0.3, -0.25) is 19.5 Å². The first-order valence-electron chi connectivity index (χ1n) is 13.8. The second-order valence-corrected chi connectivity index (χ2v) is 10.5. The number of nitrogens with zero attached hydrogens (tertiary/aromatic N) is 4. The molecule has 2 amide bonds. The molecule has 2 aliphatic heterocycles. The molecule has 1 N–H and O–H groups in total. The number of carbonyl (C=O) groups excluding carboxylic acids is 2. The summed E-state index contributed by atoms with van der Waals surface area (Å²) < 4.78 is 32.3. The van der Waals surface area contributed by atoms with Crippen LogP contribution in [0.25, 0.3) is 0 Å². The van der Waals surface area contributed by atoms with E-state index in [9.17, 15) is 18.4 Å². The van der Waals surface area contributed by atoms with Crippen molar-refractivity contribution >= 4 is 11.8 Å². The maximum absolute atomic E-state index is 13.4. The summed E-state index contributed by atoms with van der Waals surface area (Å²) in [6, 6.07) is 16.4. The lowest BCUT2D eigenvalue weighted by molar-refractivity contribution is 0.0594. The highest BCUT2D eigenvalue weighted by molar-refractivity contribution is 5.96. The molecule has 0 saturated carbocycles. The van der Waals surface area contributed by atoms with Gasteiger partial charge >= 0.3 is 0 Å². The van der Waals surface area contributed by atoms with Gasteiger partial charge < -0.3 is 15.0 Å². The van der Waals surface area contributed by atoms with Crippen LogP contribution in [0.5, 0.6) is 5.75 Å². The molecule has 0 unspecified atom stereocenters. The predicted octanol–water partition coefficient (Wildman–Crippen LogP) is 4.31. The van der Waals surface area contributed by atoms with Crippen LogP contribution in [-0.2, 0) is 6.54 Å². The quantitative estimate of drug-likeness (QED) is 0.463. The van der Waals surface area contributed by atoms with Crippen LogP contribution in [-0.4, -0.2) is 64.9 Å². The van der Waals surface area contributed by atoms with E-state index in [1.165, 1.54) is 12.3 Å². The minimum absolute atomic E-state index is 0.0535. The van der Waals surface area contributed by atoms with Gasteiger partial charge in [0.25, 0.3) is 11.8 Å².